The second-order valence-corrected chi connectivity index (χ2v) is 6.28. The summed E-state index contributed by atoms with van der Waals surface area (Å²) in [6.45, 7) is 6.54. The van der Waals surface area contributed by atoms with Gasteiger partial charge in [0.1, 0.15) is 5.60 Å². The van der Waals surface area contributed by atoms with Gasteiger partial charge in [0.15, 0.2) is 0 Å². The number of alkyl carbamates (subject to hydrolysis) is 1. The molecule has 1 saturated carbocycles. The number of hydrogen-bond acceptors (Lipinski definition) is 4. The van der Waals surface area contributed by atoms with E-state index in [1.54, 1.807) is 0 Å². The maximum atomic E-state index is 11.6. The van der Waals surface area contributed by atoms with Crippen LogP contribution in [0, 0.1) is 5.92 Å². The lowest BCUT2D eigenvalue weighted by molar-refractivity contribution is -0.136. The molecule has 6 heteroatoms. The molecule has 6 nitrogen and oxygen atoms in total. The molecule has 20 heavy (non-hydrogen) atoms. The third-order valence-electron chi connectivity index (χ3n) is 3.31. The van der Waals surface area contributed by atoms with Gasteiger partial charge in [-0.2, -0.15) is 0 Å². The lowest BCUT2D eigenvalue weighted by Crippen LogP contribution is -2.41. The molecule has 0 aromatic heterocycles. The Labute approximate surface area is 120 Å². The Morgan fingerprint density at radius 1 is 1.30 bits per heavy atom. The van der Waals surface area contributed by atoms with Crippen molar-refractivity contribution < 1.29 is 19.4 Å². The van der Waals surface area contributed by atoms with E-state index in [1.165, 1.54) is 0 Å². The van der Waals surface area contributed by atoms with Gasteiger partial charge in [0.2, 0.25) is 0 Å². The average Bonchev–Trinajstić information content (AvgIpc) is 2.71. The Morgan fingerprint density at radius 2 is 2.00 bits per heavy atom. The number of rotatable bonds is 6. The molecule has 1 amide bonds. The number of nitrogens with one attached hydrogen (secondary N) is 2. The van der Waals surface area contributed by atoms with Crippen LogP contribution < -0.4 is 10.6 Å². The first kappa shape index (κ1) is 16.8. The third kappa shape index (κ3) is 6.75. The van der Waals surface area contributed by atoms with Gasteiger partial charge in [-0.05, 0) is 39.5 Å². The predicted molar refractivity (Wildman–Crippen MR) is 75.6 cm³/mol. The number of carbonyl (C=O) groups is 2. The molecule has 0 spiro atoms. The highest BCUT2D eigenvalue weighted by Crippen LogP contribution is 2.25. The van der Waals surface area contributed by atoms with Crippen LogP contribution in [0.4, 0.5) is 4.79 Å². The number of aliphatic carboxylic acids is 1. The van der Waals surface area contributed by atoms with E-state index in [0.29, 0.717) is 19.0 Å². The van der Waals surface area contributed by atoms with Gasteiger partial charge >= 0.3 is 12.1 Å². The second-order valence-electron chi connectivity index (χ2n) is 6.28. The summed E-state index contributed by atoms with van der Waals surface area (Å²) in [5.41, 5.74) is -0.487. The van der Waals surface area contributed by atoms with Crippen molar-refractivity contribution in [2.24, 2.45) is 5.92 Å². The van der Waals surface area contributed by atoms with Crippen LogP contribution in [0.2, 0.25) is 0 Å². The molecular weight excluding hydrogens is 260 g/mol. The van der Waals surface area contributed by atoms with Crippen molar-refractivity contribution in [1.29, 1.82) is 0 Å². The van der Waals surface area contributed by atoms with E-state index in [0.717, 1.165) is 19.3 Å². The van der Waals surface area contributed by atoms with E-state index >= 15 is 0 Å². The van der Waals surface area contributed by atoms with E-state index in [9.17, 15) is 9.59 Å². The zero-order valence-corrected chi connectivity index (χ0v) is 12.6. The molecule has 1 aliphatic carbocycles. The molecule has 2 unspecified atom stereocenters. The summed E-state index contributed by atoms with van der Waals surface area (Å²) in [6.07, 6.45) is 2.91. The fourth-order valence-corrected chi connectivity index (χ4v) is 2.44. The topological polar surface area (TPSA) is 87.7 Å². The maximum absolute atomic E-state index is 11.6. The summed E-state index contributed by atoms with van der Waals surface area (Å²) in [5.74, 6) is -0.449. The lowest BCUT2D eigenvalue weighted by atomic mass is 10.0. The number of hydrogen-bond donors (Lipinski definition) is 3. The van der Waals surface area contributed by atoms with Gasteiger partial charge in [-0.3, -0.25) is 4.79 Å². The summed E-state index contributed by atoms with van der Waals surface area (Å²) in [4.78, 5) is 22.1. The minimum absolute atomic E-state index is 0.128. The highest BCUT2D eigenvalue weighted by atomic mass is 16.6. The predicted octanol–water partition coefficient (Wildman–Crippen LogP) is 1.74. The van der Waals surface area contributed by atoms with Crippen LogP contribution in [0.25, 0.3) is 0 Å². The zero-order chi connectivity index (χ0) is 15.2. The van der Waals surface area contributed by atoms with Crippen molar-refractivity contribution in [1.82, 2.24) is 10.6 Å². The first-order chi connectivity index (χ1) is 9.28. The van der Waals surface area contributed by atoms with Gasteiger partial charge in [-0.1, -0.05) is 6.42 Å². The van der Waals surface area contributed by atoms with Crippen molar-refractivity contribution in [2.75, 3.05) is 13.1 Å². The van der Waals surface area contributed by atoms with E-state index in [1.807, 2.05) is 20.8 Å². The fraction of sp³-hybridized carbons (Fsp3) is 0.857. The molecular formula is C14H26N2O4. The summed E-state index contributed by atoms with van der Waals surface area (Å²) < 4.78 is 5.20. The van der Waals surface area contributed by atoms with E-state index in [2.05, 4.69) is 10.6 Å². The summed E-state index contributed by atoms with van der Waals surface area (Å²) in [6, 6.07) is 0.282. The van der Waals surface area contributed by atoms with Crippen LogP contribution in [0.15, 0.2) is 0 Å². The number of carboxylic acid groups (broad SMARTS) is 1. The van der Waals surface area contributed by atoms with Crippen LogP contribution >= 0.6 is 0 Å². The third-order valence-corrected chi connectivity index (χ3v) is 3.31. The molecule has 0 aliphatic heterocycles. The smallest absolute Gasteiger partial charge is 0.407 e. The second kappa shape index (κ2) is 7.47. The van der Waals surface area contributed by atoms with Crippen molar-refractivity contribution in [3.63, 3.8) is 0 Å². The van der Waals surface area contributed by atoms with Gasteiger partial charge in [0.25, 0.3) is 0 Å². The van der Waals surface area contributed by atoms with Crippen LogP contribution in [0.5, 0.6) is 0 Å². The molecule has 0 aromatic rings. The maximum Gasteiger partial charge on any atom is 0.407 e. The van der Waals surface area contributed by atoms with E-state index in [-0.39, 0.29) is 12.5 Å². The first-order valence-electron chi connectivity index (χ1n) is 7.20. The quantitative estimate of drug-likeness (QED) is 0.692. The summed E-state index contributed by atoms with van der Waals surface area (Å²) >= 11 is 0. The fourth-order valence-electron chi connectivity index (χ4n) is 2.44. The minimum atomic E-state index is -0.793. The molecule has 0 bridgehead atoms. The SMILES string of the molecule is CC(C)(C)OC(=O)NCC1CCCC1NCCC(=O)O. The molecule has 1 aliphatic rings. The first-order valence-corrected chi connectivity index (χ1v) is 7.20. The standard InChI is InChI=1S/C14H26N2O4/c1-14(2,3)20-13(19)16-9-10-5-4-6-11(10)15-8-7-12(17)18/h10-11,15H,4-9H2,1-3H3,(H,16,19)(H,17,18). The molecule has 0 aromatic carbocycles. The van der Waals surface area contributed by atoms with Gasteiger partial charge < -0.3 is 20.5 Å². The Balaban J connectivity index is 2.27. The van der Waals surface area contributed by atoms with Gasteiger partial charge in [0, 0.05) is 19.1 Å². The van der Waals surface area contributed by atoms with Crippen LogP contribution in [0.3, 0.4) is 0 Å². The van der Waals surface area contributed by atoms with Crippen LogP contribution in [-0.2, 0) is 9.53 Å². The Hall–Kier alpha value is -1.30. The molecule has 3 N–H and O–H groups in total. The lowest BCUT2D eigenvalue weighted by Gasteiger charge is -2.23. The van der Waals surface area contributed by atoms with Crippen molar-refractivity contribution in [3.8, 4) is 0 Å². The highest BCUT2D eigenvalue weighted by Gasteiger charge is 2.27. The van der Waals surface area contributed by atoms with Gasteiger partial charge in [-0.25, -0.2) is 4.79 Å². The molecule has 0 heterocycles. The molecule has 1 rings (SSSR count). The molecule has 1 fully saturated rings. The van der Waals surface area contributed by atoms with E-state index < -0.39 is 17.7 Å². The largest absolute Gasteiger partial charge is 0.481 e. The summed E-state index contributed by atoms with van der Waals surface area (Å²) in [7, 11) is 0. The monoisotopic (exact) mass is 286 g/mol. The number of amides is 1. The number of ether oxygens (including phenoxy) is 1. The molecule has 2 atom stereocenters. The van der Waals surface area contributed by atoms with Crippen molar-refractivity contribution >= 4 is 12.1 Å². The van der Waals surface area contributed by atoms with Gasteiger partial charge in [-0.15, -0.1) is 0 Å². The molecule has 0 saturated heterocycles. The van der Waals surface area contributed by atoms with Crippen molar-refractivity contribution in [3.05, 3.63) is 0 Å². The summed E-state index contributed by atoms with van der Waals surface area (Å²) in [5, 5.41) is 14.7. The zero-order valence-electron chi connectivity index (χ0n) is 12.6. The molecule has 116 valence electrons. The average molecular weight is 286 g/mol. The van der Waals surface area contributed by atoms with Crippen molar-refractivity contribution in [2.45, 2.75) is 58.1 Å². The van der Waals surface area contributed by atoms with Crippen LogP contribution in [0.1, 0.15) is 46.5 Å². The highest BCUT2D eigenvalue weighted by molar-refractivity contribution is 5.67. The molecule has 0 radical (unpaired) electrons. The number of carboxylic acids is 1. The normalized spacial score (nSPS) is 22.6. The van der Waals surface area contributed by atoms with E-state index in [4.69, 9.17) is 9.84 Å². The number of carbonyl (C=O) groups excluding carboxylic acids is 1. The Bertz CT molecular complexity index is 339. The Kier molecular flexibility index (Phi) is 6.26. The van der Waals surface area contributed by atoms with Gasteiger partial charge in [0.05, 0.1) is 6.42 Å². The minimum Gasteiger partial charge on any atom is -0.481 e. The van der Waals surface area contributed by atoms with Crippen LogP contribution in [-0.4, -0.2) is 41.9 Å². The Morgan fingerprint density at radius 3 is 2.60 bits per heavy atom.